The molecule has 3 heterocycles. The molecular formula is C16H26N2O15P2. The van der Waals surface area contributed by atoms with Crippen molar-refractivity contribution >= 4 is 15.6 Å². The standard InChI is InChI=1S/C16H26N2O15P2/c1-7-4-18(16(24)17-14(7)23)10-3-2-8(30-10)6-29-34(25,26)33-35(27,28)32-15-13(22)12(21)11(20)9(5-19)31-15/h4,8-13,15,19-22H,2-3,5-6H2,1H3,(H,25,26)(H,27,28)(H,17,23,24)/t8-,9+,10+,11+,12-,13+,15+/m0/s1. The van der Waals surface area contributed by atoms with Crippen LogP contribution in [0.1, 0.15) is 24.6 Å². The maximum atomic E-state index is 12.2. The number of nitrogens with zero attached hydrogens (tertiary/aromatic N) is 1. The minimum absolute atomic E-state index is 0.257. The SMILES string of the molecule is Cc1cn([C@H]2CC[C@@H](COP(=O)(O)OP(=O)(O)O[C@H]3O[C@H](CO)[C@@H](O)[C@H](O)[C@H]3O)O2)c(=O)[nH]c1=O. The van der Waals surface area contributed by atoms with Crippen LogP contribution >= 0.6 is 15.6 Å². The zero-order valence-corrected chi connectivity index (χ0v) is 19.9. The van der Waals surface area contributed by atoms with Crippen LogP contribution in [0.2, 0.25) is 0 Å². The van der Waals surface area contributed by atoms with Crippen molar-refractivity contribution in [2.45, 2.75) is 62.8 Å². The summed E-state index contributed by atoms with van der Waals surface area (Å²) in [5, 5.41) is 38.4. The van der Waals surface area contributed by atoms with Crippen LogP contribution in [-0.2, 0) is 32.0 Å². The second-order valence-corrected chi connectivity index (χ2v) is 10.9. The van der Waals surface area contributed by atoms with Crippen molar-refractivity contribution in [3.8, 4) is 0 Å². The molecule has 0 amide bonds. The van der Waals surface area contributed by atoms with Gasteiger partial charge in [-0.3, -0.25) is 23.4 Å². The minimum Gasteiger partial charge on any atom is -0.394 e. The van der Waals surface area contributed by atoms with Crippen LogP contribution in [0.25, 0.3) is 0 Å². The lowest BCUT2D eigenvalue weighted by Gasteiger charge is -2.39. The lowest BCUT2D eigenvalue weighted by atomic mass is 10.00. The largest absolute Gasteiger partial charge is 0.483 e. The number of rotatable bonds is 9. The number of aromatic amines is 1. The molecule has 19 heteroatoms. The van der Waals surface area contributed by atoms with Crippen LogP contribution in [0.15, 0.2) is 15.8 Å². The third-order valence-corrected chi connectivity index (χ3v) is 7.86. The Kier molecular flexibility index (Phi) is 8.87. The molecule has 2 aliphatic heterocycles. The minimum atomic E-state index is -5.46. The van der Waals surface area contributed by atoms with Gasteiger partial charge in [0.25, 0.3) is 5.56 Å². The van der Waals surface area contributed by atoms with Crippen LogP contribution in [-0.4, -0.2) is 89.8 Å². The molecule has 0 saturated carbocycles. The molecule has 0 bridgehead atoms. The van der Waals surface area contributed by atoms with Gasteiger partial charge in [-0.25, -0.2) is 13.9 Å². The monoisotopic (exact) mass is 548 g/mol. The van der Waals surface area contributed by atoms with E-state index in [0.29, 0.717) is 0 Å². The van der Waals surface area contributed by atoms with E-state index in [9.17, 15) is 43.8 Å². The number of ether oxygens (including phenoxy) is 2. The number of hydrogen-bond donors (Lipinski definition) is 7. The fraction of sp³-hybridized carbons (Fsp3) is 0.750. The van der Waals surface area contributed by atoms with Crippen molar-refractivity contribution in [2.75, 3.05) is 13.2 Å². The van der Waals surface area contributed by atoms with E-state index in [1.165, 1.54) is 13.1 Å². The average molecular weight is 548 g/mol. The smallest absolute Gasteiger partial charge is 0.394 e. The Morgan fingerprint density at radius 2 is 1.77 bits per heavy atom. The van der Waals surface area contributed by atoms with Crippen LogP contribution in [0.3, 0.4) is 0 Å². The Balaban J connectivity index is 1.55. The number of aryl methyl sites for hydroxylation is 1. The molecule has 3 rings (SSSR count). The molecule has 2 fully saturated rings. The number of aromatic nitrogens is 2. The maximum absolute atomic E-state index is 12.2. The third-order valence-electron chi connectivity index (χ3n) is 5.26. The van der Waals surface area contributed by atoms with E-state index in [0.717, 1.165) is 4.57 Å². The molecule has 0 aromatic carbocycles. The highest BCUT2D eigenvalue weighted by atomic mass is 31.3. The summed E-state index contributed by atoms with van der Waals surface area (Å²) in [5.74, 6) is 0. The first-order chi connectivity index (χ1) is 16.2. The molecule has 35 heavy (non-hydrogen) atoms. The fourth-order valence-electron chi connectivity index (χ4n) is 3.45. The Hall–Kier alpha value is -1.30. The van der Waals surface area contributed by atoms with E-state index in [-0.39, 0.29) is 18.4 Å². The van der Waals surface area contributed by atoms with Gasteiger partial charge >= 0.3 is 21.3 Å². The van der Waals surface area contributed by atoms with Gasteiger partial charge in [-0.2, -0.15) is 4.31 Å². The molecule has 17 nitrogen and oxygen atoms in total. The molecule has 9 atom stereocenters. The maximum Gasteiger partial charge on any atom is 0.483 e. The van der Waals surface area contributed by atoms with E-state index < -0.39 is 83.1 Å². The van der Waals surface area contributed by atoms with Crippen molar-refractivity contribution in [1.29, 1.82) is 0 Å². The van der Waals surface area contributed by atoms with E-state index >= 15 is 0 Å². The average Bonchev–Trinajstić information content (AvgIpc) is 3.23. The fourth-order valence-corrected chi connectivity index (χ4v) is 5.63. The van der Waals surface area contributed by atoms with E-state index in [1.807, 2.05) is 0 Å². The van der Waals surface area contributed by atoms with Crippen molar-refractivity contribution in [2.24, 2.45) is 0 Å². The van der Waals surface area contributed by atoms with Crippen molar-refractivity contribution in [3.63, 3.8) is 0 Å². The lowest BCUT2D eigenvalue weighted by molar-refractivity contribution is -0.280. The molecule has 1 aromatic rings. The van der Waals surface area contributed by atoms with Gasteiger partial charge in [0, 0.05) is 11.8 Å². The van der Waals surface area contributed by atoms with Gasteiger partial charge in [0.05, 0.1) is 19.3 Å². The van der Waals surface area contributed by atoms with Crippen LogP contribution in [0, 0.1) is 6.92 Å². The summed E-state index contributed by atoms with van der Waals surface area (Å²) < 4.78 is 49.2. The van der Waals surface area contributed by atoms with Gasteiger partial charge in [0.1, 0.15) is 30.6 Å². The van der Waals surface area contributed by atoms with Gasteiger partial charge in [-0.1, -0.05) is 0 Å². The lowest BCUT2D eigenvalue weighted by Crippen LogP contribution is -2.58. The molecule has 2 aliphatic rings. The highest BCUT2D eigenvalue weighted by Crippen LogP contribution is 2.61. The predicted octanol–water partition coefficient (Wildman–Crippen LogP) is -2.43. The van der Waals surface area contributed by atoms with E-state index in [2.05, 4.69) is 18.3 Å². The Bertz CT molecular complexity index is 1110. The Labute approximate surface area is 196 Å². The second kappa shape index (κ2) is 11.0. The number of phosphoric acid groups is 2. The quantitative estimate of drug-likeness (QED) is 0.158. The Morgan fingerprint density at radius 1 is 1.09 bits per heavy atom. The van der Waals surface area contributed by atoms with Crippen molar-refractivity contribution in [1.82, 2.24) is 9.55 Å². The van der Waals surface area contributed by atoms with Gasteiger partial charge in [-0.05, 0) is 19.8 Å². The molecular weight excluding hydrogens is 522 g/mol. The summed E-state index contributed by atoms with van der Waals surface area (Å²) in [5.41, 5.74) is -1.00. The van der Waals surface area contributed by atoms with E-state index in [4.69, 9.17) is 14.6 Å². The normalized spacial score (nSPS) is 34.9. The summed E-state index contributed by atoms with van der Waals surface area (Å²) in [4.78, 5) is 45.2. The van der Waals surface area contributed by atoms with Crippen LogP contribution in [0.4, 0.5) is 0 Å². The molecule has 2 unspecified atom stereocenters. The van der Waals surface area contributed by atoms with Gasteiger partial charge in [-0.15, -0.1) is 0 Å². The van der Waals surface area contributed by atoms with Crippen molar-refractivity contribution < 1.29 is 62.2 Å². The van der Waals surface area contributed by atoms with Gasteiger partial charge in [0.15, 0.2) is 6.29 Å². The van der Waals surface area contributed by atoms with Crippen molar-refractivity contribution in [3.05, 3.63) is 32.6 Å². The first-order valence-corrected chi connectivity index (χ1v) is 13.2. The number of H-pyrrole nitrogens is 1. The molecule has 1 aromatic heterocycles. The molecule has 0 radical (unpaired) electrons. The molecule has 0 aliphatic carbocycles. The summed E-state index contributed by atoms with van der Waals surface area (Å²) in [6.07, 6.45) is -9.14. The van der Waals surface area contributed by atoms with Gasteiger partial charge in [0.2, 0.25) is 0 Å². The summed E-state index contributed by atoms with van der Waals surface area (Å²) in [6.45, 7) is 0.0423. The number of aliphatic hydroxyl groups excluding tert-OH is 4. The molecule has 200 valence electrons. The summed E-state index contributed by atoms with van der Waals surface area (Å²) >= 11 is 0. The van der Waals surface area contributed by atoms with E-state index in [1.54, 1.807) is 0 Å². The summed E-state index contributed by atoms with van der Waals surface area (Å²) in [7, 11) is -10.7. The number of aliphatic hydroxyl groups is 4. The van der Waals surface area contributed by atoms with Crippen LogP contribution < -0.4 is 11.2 Å². The van der Waals surface area contributed by atoms with Crippen LogP contribution in [0.5, 0.6) is 0 Å². The highest BCUT2D eigenvalue weighted by Gasteiger charge is 2.48. The van der Waals surface area contributed by atoms with Gasteiger partial charge < -0.3 is 39.7 Å². The zero-order chi connectivity index (χ0) is 26.1. The first-order valence-electron chi connectivity index (χ1n) is 10.2. The summed E-state index contributed by atoms with van der Waals surface area (Å²) in [6, 6.07) is 0. The number of nitrogens with one attached hydrogen (secondary N) is 1. The first kappa shape index (κ1) is 28.3. The second-order valence-electron chi connectivity index (χ2n) is 7.89. The number of phosphoric ester groups is 2. The molecule has 7 N–H and O–H groups in total. The topological polar surface area (TPSA) is 257 Å². The zero-order valence-electron chi connectivity index (χ0n) is 18.1. The Morgan fingerprint density at radius 3 is 2.43 bits per heavy atom. The number of hydrogen-bond acceptors (Lipinski definition) is 13. The molecule has 0 spiro atoms. The highest BCUT2D eigenvalue weighted by molar-refractivity contribution is 7.61. The predicted molar refractivity (Wildman–Crippen MR) is 111 cm³/mol. The third kappa shape index (κ3) is 6.93. The molecule has 2 saturated heterocycles.